The molecule has 2 aromatic carbocycles. The summed E-state index contributed by atoms with van der Waals surface area (Å²) < 4.78 is 27.0. The van der Waals surface area contributed by atoms with Gasteiger partial charge in [0, 0.05) is 18.0 Å². The van der Waals surface area contributed by atoms with Crippen LogP contribution in [0.25, 0.3) is 0 Å². The summed E-state index contributed by atoms with van der Waals surface area (Å²) in [6.45, 7) is 0.253. The van der Waals surface area contributed by atoms with Crippen LogP contribution in [0.2, 0.25) is 0 Å². The predicted octanol–water partition coefficient (Wildman–Crippen LogP) is 3.76. The Bertz CT molecular complexity index is 944. The number of aliphatic imine (C=N–C) groups is 1. The first kappa shape index (κ1) is 18.2. The SMILES string of the molecule is O=C(NC(=NCc1ccncc1)Nc1ccccc1F)c1ccc(F)cc1. The van der Waals surface area contributed by atoms with Crippen LogP contribution < -0.4 is 10.6 Å². The molecule has 3 aromatic rings. The Balaban J connectivity index is 1.81. The van der Waals surface area contributed by atoms with Crippen LogP contribution in [-0.2, 0) is 6.54 Å². The number of anilines is 1. The van der Waals surface area contributed by atoms with Gasteiger partial charge in [0.15, 0.2) is 0 Å². The predicted molar refractivity (Wildman–Crippen MR) is 99.3 cm³/mol. The minimum absolute atomic E-state index is 0.0752. The number of hydrogen-bond donors (Lipinski definition) is 2. The van der Waals surface area contributed by atoms with E-state index < -0.39 is 17.5 Å². The standard InChI is InChI=1S/C20H16F2N4O/c21-16-7-5-15(6-8-16)19(27)26-20(24-13-14-9-11-23-12-10-14)25-18-4-2-1-3-17(18)22/h1-12H,13H2,(H2,24,25,26,27). The number of para-hydroxylation sites is 1. The lowest BCUT2D eigenvalue weighted by molar-refractivity contribution is 0.0977. The van der Waals surface area contributed by atoms with Crippen molar-refractivity contribution in [1.82, 2.24) is 10.3 Å². The lowest BCUT2D eigenvalue weighted by Crippen LogP contribution is -2.36. The summed E-state index contributed by atoms with van der Waals surface area (Å²) in [5.41, 5.74) is 1.29. The number of carbonyl (C=O) groups excluding carboxylic acids is 1. The molecule has 7 heteroatoms. The largest absolute Gasteiger partial charge is 0.323 e. The molecule has 0 unspecified atom stereocenters. The Hall–Kier alpha value is -3.61. The molecule has 0 atom stereocenters. The van der Waals surface area contributed by atoms with Gasteiger partial charge < -0.3 is 5.32 Å². The molecule has 0 fully saturated rings. The van der Waals surface area contributed by atoms with Gasteiger partial charge in [0.2, 0.25) is 5.96 Å². The first-order chi connectivity index (χ1) is 13.1. The number of nitrogens with zero attached hydrogens (tertiary/aromatic N) is 2. The number of amides is 1. The molecule has 136 valence electrons. The average molecular weight is 366 g/mol. The smallest absolute Gasteiger partial charge is 0.257 e. The highest BCUT2D eigenvalue weighted by Gasteiger charge is 2.11. The number of halogens is 2. The van der Waals surface area contributed by atoms with Crippen molar-refractivity contribution in [2.75, 3.05) is 5.32 Å². The van der Waals surface area contributed by atoms with Crippen LogP contribution in [0.1, 0.15) is 15.9 Å². The third-order valence-electron chi connectivity index (χ3n) is 3.63. The quantitative estimate of drug-likeness (QED) is 0.546. The van der Waals surface area contributed by atoms with Gasteiger partial charge in [-0.05, 0) is 54.1 Å². The van der Waals surface area contributed by atoms with Crippen molar-refractivity contribution >= 4 is 17.6 Å². The molecule has 0 aliphatic rings. The fourth-order valence-electron chi connectivity index (χ4n) is 2.24. The maximum absolute atomic E-state index is 13.9. The normalized spacial score (nSPS) is 11.1. The number of carbonyl (C=O) groups is 1. The van der Waals surface area contributed by atoms with Gasteiger partial charge in [-0.3, -0.25) is 15.1 Å². The summed E-state index contributed by atoms with van der Waals surface area (Å²) in [7, 11) is 0. The number of pyridine rings is 1. The van der Waals surface area contributed by atoms with E-state index >= 15 is 0 Å². The van der Waals surface area contributed by atoms with Crippen molar-refractivity contribution in [3.63, 3.8) is 0 Å². The minimum atomic E-state index is -0.493. The first-order valence-electron chi connectivity index (χ1n) is 8.13. The Morgan fingerprint density at radius 3 is 2.37 bits per heavy atom. The zero-order valence-electron chi connectivity index (χ0n) is 14.2. The number of benzene rings is 2. The van der Waals surface area contributed by atoms with Crippen molar-refractivity contribution in [2.24, 2.45) is 4.99 Å². The maximum atomic E-state index is 13.9. The van der Waals surface area contributed by atoms with E-state index in [4.69, 9.17) is 0 Å². The molecule has 0 aliphatic carbocycles. The number of rotatable bonds is 4. The van der Waals surface area contributed by atoms with E-state index in [9.17, 15) is 13.6 Å². The molecule has 2 N–H and O–H groups in total. The molecule has 1 aromatic heterocycles. The second-order valence-electron chi connectivity index (χ2n) is 5.59. The highest BCUT2D eigenvalue weighted by molar-refractivity contribution is 6.09. The van der Waals surface area contributed by atoms with Crippen LogP contribution in [0.3, 0.4) is 0 Å². The molecule has 5 nitrogen and oxygen atoms in total. The summed E-state index contributed by atoms with van der Waals surface area (Å²) in [6, 6.07) is 14.7. The molecular formula is C20H16F2N4O. The third kappa shape index (κ3) is 5.18. The Morgan fingerprint density at radius 1 is 0.963 bits per heavy atom. The van der Waals surface area contributed by atoms with E-state index in [2.05, 4.69) is 20.6 Å². The van der Waals surface area contributed by atoms with Gasteiger partial charge in [0.1, 0.15) is 11.6 Å². The summed E-state index contributed by atoms with van der Waals surface area (Å²) >= 11 is 0. The average Bonchev–Trinajstić information content (AvgIpc) is 2.69. The number of hydrogen-bond acceptors (Lipinski definition) is 3. The van der Waals surface area contributed by atoms with Crippen LogP contribution in [0.5, 0.6) is 0 Å². The maximum Gasteiger partial charge on any atom is 0.257 e. The molecule has 1 heterocycles. The van der Waals surface area contributed by atoms with Gasteiger partial charge in [0.05, 0.1) is 12.2 Å². The minimum Gasteiger partial charge on any atom is -0.323 e. The van der Waals surface area contributed by atoms with E-state index in [0.29, 0.717) is 0 Å². The number of guanidine groups is 1. The highest BCUT2D eigenvalue weighted by Crippen LogP contribution is 2.12. The topological polar surface area (TPSA) is 66.4 Å². The van der Waals surface area contributed by atoms with Gasteiger partial charge in [-0.2, -0.15) is 0 Å². The Kier molecular flexibility index (Phi) is 5.84. The molecule has 1 amide bonds. The van der Waals surface area contributed by atoms with Crippen LogP contribution in [-0.4, -0.2) is 16.9 Å². The summed E-state index contributed by atoms with van der Waals surface area (Å²) in [4.78, 5) is 20.6. The zero-order valence-corrected chi connectivity index (χ0v) is 14.2. The second-order valence-corrected chi connectivity index (χ2v) is 5.59. The summed E-state index contributed by atoms with van der Waals surface area (Å²) in [6.07, 6.45) is 3.26. The van der Waals surface area contributed by atoms with Gasteiger partial charge in [0.25, 0.3) is 5.91 Å². The Labute approximate surface area is 154 Å². The summed E-state index contributed by atoms with van der Waals surface area (Å²) in [5.74, 6) is -1.34. The van der Waals surface area contributed by atoms with Gasteiger partial charge >= 0.3 is 0 Å². The molecule has 0 saturated carbocycles. The van der Waals surface area contributed by atoms with Gasteiger partial charge in [-0.1, -0.05) is 12.1 Å². The monoisotopic (exact) mass is 366 g/mol. The third-order valence-corrected chi connectivity index (χ3v) is 3.63. The van der Waals surface area contributed by atoms with Crippen LogP contribution in [0.15, 0.2) is 78.0 Å². The van der Waals surface area contributed by atoms with E-state index in [1.807, 2.05) is 0 Å². The fourth-order valence-corrected chi connectivity index (χ4v) is 2.24. The molecule has 0 spiro atoms. The number of aromatic nitrogens is 1. The number of nitrogens with one attached hydrogen (secondary N) is 2. The lowest BCUT2D eigenvalue weighted by Gasteiger charge is -2.12. The van der Waals surface area contributed by atoms with Crippen molar-refractivity contribution in [3.05, 3.63) is 95.8 Å². The van der Waals surface area contributed by atoms with Gasteiger partial charge in [-0.25, -0.2) is 13.8 Å². The van der Waals surface area contributed by atoms with Gasteiger partial charge in [-0.15, -0.1) is 0 Å². The van der Waals surface area contributed by atoms with Crippen LogP contribution in [0.4, 0.5) is 14.5 Å². The van der Waals surface area contributed by atoms with Crippen LogP contribution in [0, 0.1) is 11.6 Å². The highest BCUT2D eigenvalue weighted by atomic mass is 19.1. The second kappa shape index (κ2) is 8.66. The molecule has 0 saturated heterocycles. The van der Waals surface area contributed by atoms with E-state index in [-0.39, 0.29) is 23.8 Å². The fraction of sp³-hybridized carbons (Fsp3) is 0.0500. The molecule has 0 radical (unpaired) electrons. The van der Waals surface area contributed by atoms with Crippen molar-refractivity contribution in [2.45, 2.75) is 6.54 Å². The molecule has 0 bridgehead atoms. The van der Waals surface area contributed by atoms with Crippen molar-refractivity contribution in [1.29, 1.82) is 0 Å². The van der Waals surface area contributed by atoms with Crippen molar-refractivity contribution in [3.8, 4) is 0 Å². The molecular weight excluding hydrogens is 350 g/mol. The Morgan fingerprint density at radius 2 is 1.67 bits per heavy atom. The van der Waals surface area contributed by atoms with E-state index in [0.717, 1.165) is 5.56 Å². The lowest BCUT2D eigenvalue weighted by atomic mass is 10.2. The first-order valence-corrected chi connectivity index (χ1v) is 8.13. The van der Waals surface area contributed by atoms with Crippen LogP contribution >= 0.6 is 0 Å². The van der Waals surface area contributed by atoms with E-state index in [1.54, 1.807) is 36.7 Å². The zero-order chi connectivity index (χ0) is 19.1. The van der Waals surface area contributed by atoms with Crippen molar-refractivity contribution < 1.29 is 13.6 Å². The van der Waals surface area contributed by atoms with E-state index in [1.165, 1.54) is 36.4 Å². The molecule has 3 rings (SSSR count). The summed E-state index contributed by atoms with van der Waals surface area (Å²) in [5, 5.41) is 5.38. The molecule has 27 heavy (non-hydrogen) atoms. The molecule has 0 aliphatic heterocycles.